The molecule has 0 atom stereocenters. The summed E-state index contributed by atoms with van der Waals surface area (Å²) >= 11 is 0. The number of hydrogen-bond acceptors (Lipinski definition) is 3. The largest absolute Gasteiger partial charge is 0.340 e. The van der Waals surface area contributed by atoms with Crippen molar-refractivity contribution < 1.29 is 0 Å². The summed E-state index contributed by atoms with van der Waals surface area (Å²) in [4.78, 5) is 3.54. The molecule has 0 rings (SSSR count). The lowest BCUT2D eigenvalue weighted by Gasteiger charge is -2.15. The van der Waals surface area contributed by atoms with E-state index in [9.17, 15) is 0 Å². The number of hydrogen-bond donors (Lipinski definition) is 3. The minimum absolute atomic E-state index is 0.00887. The van der Waals surface area contributed by atoms with Gasteiger partial charge in [0, 0.05) is 6.54 Å². The summed E-state index contributed by atoms with van der Waals surface area (Å²) < 4.78 is 0. The van der Waals surface area contributed by atoms with Crippen molar-refractivity contribution in [2.24, 2.45) is 0 Å². The van der Waals surface area contributed by atoms with Crippen LogP contribution in [0.5, 0.6) is 0 Å². The zero-order valence-electron chi connectivity index (χ0n) is 8.61. The normalized spacial score (nSPS) is 12.0. The predicted molar refractivity (Wildman–Crippen MR) is 58.2 cm³/mol. The highest BCUT2D eigenvalue weighted by molar-refractivity contribution is 6.32. The Morgan fingerprint density at radius 1 is 1.25 bits per heavy atom. The molecule has 4 heteroatoms. The van der Waals surface area contributed by atoms with Crippen molar-refractivity contribution in [3.05, 3.63) is 0 Å². The third kappa shape index (κ3) is 6.79. The van der Waals surface area contributed by atoms with Gasteiger partial charge in [0.15, 0.2) is 0 Å². The van der Waals surface area contributed by atoms with Crippen molar-refractivity contribution in [3.63, 3.8) is 0 Å². The second-order valence-corrected chi connectivity index (χ2v) is 4.75. The first-order valence-corrected chi connectivity index (χ1v) is 6.61. The van der Waals surface area contributed by atoms with Crippen LogP contribution in [0.3, 0.4) is 0 Å². The van der Waals surface area contributed by atoms with Gasteiger partial charge < -0.3 is 15.6 Å². The van der Waals surface area contributed by atoms with E-state index in [1.165, 1.54) is 18.9 Å². The third-order valence-corrected chi connectivity index (χ3v) is 3.50. The lowest BCUT2D eigenvalue weighted by atomic mass is 10.4. The molecule has 0 fully saturated rings. The molecular formula is C8H23N3Si. The maximum absolute atomic E-state index is 3.54. The Bertz CT molecular complexity index is 86.4. The molecule has 0 aliphatic heterocycles. The van der Waals surface area contributed by atoms with E-state index in [1.54, 1.807) is 0 Å². The van der Waals surface area contributed by atoms with Crippen LogP contribution in [0.25, 0.3) is 0 Å². The van der Waals surface area contributed by atoms with Gasteiger partial charge in [0.05, 0.1) is 15.8 Å². The van der Waals surface area contributed by atoms with Gasteiger partial charge in [-0.3, -0.25) is 0 Å². The molecule has 0 unspecified atom stereocenters. The Labute approximate surface area is 78.6 Å². The van der Waals surface area contributed by atoms with Crippen molar-refractivity contribution in [1.82, 2.24) is 15.6 Å². The first-order valence-electron chi connectivity index (χ1n) is 4.90. The lowest BCUT2D eigenvalue weighted by molar-refractivity contribution is 0.490. The van der Waals surface area contributed by atoms with Crippen LogP contribution in [0.4, 0.5) is 0 Å². The van der Waals surface area contributed by atoms with E-state index in [0.29, 0.717) is 6.17 Å². The Morgan fingerprint density at radius 3 is 2.42 bits per heavy atom. The molecule has 0 bridgehead atoms. The fourth-order valence-corrected chi connectivity index (χ4v) is 2.59. The van der Waals surface area contributed by atoms with Crippen LogP contribution in [-0.4, -0.2) is 36.5 Å². The van der Waals surface area contributed by atoms with Crippen LogP contribution in [0, 0.1) is 0 Å². The van der Waals surface area contributed by atoms with E-state index in [0.717, 1.165) is 6.54 Å². The molecule has 0 saturated carbocycles. The highest BCUT2D eigenvalue weighted by Gasteiger charge is 1.99. The molecular weight excluding hydrogens is 166 g/mol. The Hall–Kier alpha value is 0.0969. The Balaban J connectivity index is 3.06. The van der Waals surface area contributed by atoms with Gasteiger partial charge in [-0.2, -0.15) is 0 Å². The van der Waals surface area contributed by atoms with E-state index < -0.39 is 0 Å². The summed E-state index contributed by atoms with van der Waals surface area (Å²) in [6.45, 7) is 3.31. The summed E-state index contributed by atoms with van der Waals surface area (Å²) in [5.41, 5.74) is 0. The second kappa shape index (κ2) is 9.19. The van der Waals surface area contributed by atoms with Gasteiger partial charge in [-0.15, -0.1) is 0 Å². The highest BCUT2D eigenvalue weighted by Crippen LogP contribution is 1.90. The van der Waals surface area contributed by atoms with Gasteiger partial charge >= 0.3 is 0 Å². The molecule has 0 heterocycles. The number of nitrogens with one attached hydrogen (secondary N) is 3. The van der Waals surface area contributed by atoms with Crippen LogP contribution in [-0.2, 0) is 0 Å². The monoisotopic (exact) mass is 189 g/mol. The molecule has 0 aromatic heterocycles. The molecule has 0 aliphatic carbocycles. The summed E-state index contributed by atoms with van der Waals surface area (Å²) in [5.74, 6) is 0. The predicted octanol–water partition coefficient (Wildman–Crippen LogP) is -0.357. The molecule has 0 radical (unpaired) electrons. The van der Waals surface area contributed by atoms with Gasteiger partial charge in [-0.1, -0.05) is 19.8 Å². The van der Waals surface area contributed by atoms with Crippen molar-refractivity contribution in [1.29, 1.82) is 0 Å². The standard InChI is InChI=1S/C8H23N3Si/c1-4-5-6-12-11-7-8(9-2)10-3/h8-11H,4-7,12H2,1-3H3. The van der Waals surface area contributed by atoms with E-state index in [4.69, 9.17) is 0 Å². The molecule has 0 saturated heterocycles. The van der Waals surface area contributed by atoms with E-state index in [1.807, 2.05) is 14.1 Å². The van der Waals surface area contributed by atoms with Crippen LogP contribution < -0.4 is 15.6 Å². The summed E-state index contributed by atoms with van der Waals surface area (Å²) in [6.07, 6.45) is 3.15. The molecule has 74 valence electrons. The number of rotatable bonds is 8. The number of unbranched alkanes of at least 4 members (excludes halogenated alkanes) is 1. The van der Waals surface area contributed by atoms with Gasteiger partial charge in [-0.05, 0) is 20.1 Å². The van der Waals surface area contributed by atoms with Gasteiger partial charge in [0.2, 0.25) is 0 Å². The maximum atomic E-state index is 3.54. The Kier molecular flexibility index (Phi) is 9.26. The fraction of sp³-hybridized carbons (Fsp3) is 1.00. The highest BCUT2D eigenvalue weighted by atomic mass is 28.2. The summed E-state index contributed by atoms with van der Waals surface area (Å²) in [6, 6.07) is 1.43. The van der Waals surface area contributed by atoms with Crippen LogP contribution in [0.15, 0.2) is 0 Å². The van der Waals surface area contributed by atoms with Gasteiger partial charge in [0.25, 0.3) is 0 Å². The topological polar surface area (TPSA) is 36.1 Å². The first kappa shape index (κ1) is 12.1. The van der Waals surface area contributed by atoms with Crippen LogP contribution in [0.1, 0.15) is 19.8 Å². The van der Waals surface area contributed by atoms with Gasteiger partial charge in [-0.25, -0.2) is 0 Å². The molecule has 0 aromatic rings. The SMILES string of the molecule is CCCC[SiH2]NCC(NC)NC. The first-order chi connectivity index (χ1) is 5.85. The maximum Gasteiger partial charge on any atom is 0.0917 e. The molecule has 0 aromatic carbocycles. The average Bonchev–Trinajstić information content (AvgIpc) is 2.11. The molecule has 3 nitrogen and oxygen atoms in total. The van der Waals surface area contributed by atoms with Crippen LogP contribution in [0.2, 0.25) is 6.04 Å². The Morgan fingerprint density at radius 2 is 1.92 bits per heavy atom. The molecule has 0 spiro atoms. The average molecular weight is 189 g/mol. The third-order valence-electron chi connectivity index (χ3n) is 2.00. The summed E-state index contributed by atoms with van der Waals surface area (Å²) in [7, 11) is 3.97. The quantitative estimate of drug-likeness (QED) is 0.277. The van der Waals surface area contributed by atoms with Crippen molar-refractivity contribution in [2.45, 2.75) is 32.0 Å². The molecule has 0 aliphatic rings. The molecule has 12 heavy (non-hydrogen) atoms. The van der Waals surface area contributed by atoms with Crippen LogP contribution >= 0.6 is 0 Å². The van der Waals surface area contributed by atoms with E-state index >= 15 is 0 Å². The molecule has 3 N–H and O–H groups in total. The summed E-state index contributed by atoms with van der Waals surface area (Å²) in [5, 5.41) is 6.38. The van der Waals surface area contributed by atoms with E-state index in [2.05, 4.69) is 22.5 Å². The van der Waals surface area contributed by atoms with Crippen molar-refractivity contribution >= 4 is 9.68 Å². The molecule has 0 amide bonds. The fourth-order valence-electron chi connectivity index (χ4n) is 1.09. The smallest absolute Gasteiger partial charge is 0.0917 e. The van der Waals surface area contributed by atoms with Gasteiger partial charge in [0.1, 0.15) is 0 Å². The van der Waals surface area contributed by atoms with Crippen molar-refractivity contribution in [2.75, 3.05) is 20.6 Å². The minimum atomic E-state index is 0.00887. The second-order valence-electron chi connectivity index (χ2n) is 3.04. The zero-order valence-corrected chi connectivity index (χ0v) is 10.0. The van der Waals surface area contributed by atoms with E-state index in [-0.39, 0.29) is 9.68 Å². The van der Waals surface area contributed by atoms with Crippen molar-refractivity contribution in [3.8, 4) is 0 Å². The lowest BCUT2D eigenvalue weighted by Crippen LogP contribution is -2.46. The minimum Gasteiger partial charge on any atom is -0.340 e. The number of likely N-dealkylation sites (N-methyl/N-ethyl adjacent to an activating group) is 2. The zero-order chi connectivity index (χ0) is 9.23.